The van der Waals surface area contributed by atoms with Crippen molar-refractivity contribution in [3.63, 3.8) is 0 Å². The fourth-order valence-electron chi connectivity index (χ4n) is 1.36. The number of benzene rings is 1. The Hall–Kier alpha value is -0.460. The summed E-state index contributed by atoms with van der Waals surface area (Å²) in [6.45, 7) is 0.952. The van der Waals surface area contributed by atoms with E-state index in [1.54, 1.807) is 12.1 Å². The van der Waals surface area contributed by atoms with Crippen LogP contribution >= 0.6 is 15.9 Å². The smallest absolute Gasteiger partial charge is 0.147 e. The van der Waals surface area contributed by atoms with Gasteiger partial charge in [-0.2, -0.15) is 0 Å². The lowest BCUT2D eigenvalue weighted by Crippen LogP contribution is -2.18. The standard InChI is InChI=1S/C11H15BrFNO2S/c1-17(15,16)6-2-5-14-8-9-7-10(12)3-4-11(9)13/h3-4,7,14H,2,5-6,8H2,1H3. The van der Waals surface area contributed by atoms with Gasteiger partial charge in [0.2, 0.25) is 0 Å². The molecule has 0 radical (unpaired) electrons. The van der Waals surface area contributed by atoms with Crippen molar-refractivity contribution in [2.75, 3.05) is 18.6 Å². The summed E-state index contributed by atoms with van der Waals surface area (Å²) in [4.78, 5) is 0. The minimum Gasteiger partial charge on any atom is -0.313 e. The maximum atomic E-state index is 13.3. The van der Waals surface area contributed by atoms with Crippen LogP contribution in [0.15, 0.2) is 22.7 Å². The zero-order chi connectivity index (χ0) is 12.9. The van der Waals surface area contributed by atoms with Crippen LogP contribution < -0.4 is 5.32 Å². The van der Waals surface area contributed by atoms with Crippen molar-refractivity contribution >= 4 is 25.8 Å². The minimum absolute atomic E-state index is 0.154. The molecule has 0 spiro atoms. The molecular weight excluding hydrogens is 309 g/mol. The molecule has 0 heterocycles. The van der Waals surface area contributed by atoms with Crippen molar-refractivity contribution in [1.82, 2.24) is 5.32 Å². The molecule has 0 amide bonds. The fraction of sp³-hybridized carbons (Fsp3) is 0.455. The van der Waals surface area contributed by atoms with Crippen LogP contribution in [0.4, 0.5) is 4.39 Å². The molecule has 1 aromatic rings. The van der Waals surface area contributed by atoms with Gasteiger partial charge in [0.1, 0.15) is 15.7 Å². The minimum atomic E-state index is -2.91. The molecule has 0 aliphatic carbocycles. The fourth-order valence-corrected chi connectivity index (χ4v) is 2.44. The van der Waals surface area contributed by atoms with Gasteiger partial charge in [0.15, 0.2) is 0 Å². The van der Waals surface area contributed by atoms with Crippen molar-refractivity contribution in [3.8, 4) is 0 Å². The molecule has 0 unspecified atom stereocenters. The number of sulfone groups is 1. The van der Waals surface area contributed by atoms with Gasteiger partial charge in [-0.1, -0.05) is 15.9 Å². The highest BCUT2D eigenvalue weighted by atomic mass is 79.9. The molecule has 0 bridgehead atoms. The average molecular weight is 324 g/mol. The van der Waals surface area contributed by atoms with Crippen LogP contribution in [0, 0.1) is 5.82 Å². The van der Waals surface area contributed by atoms with E-state index in [0.717, 1.165) is 4.47 Å². The molecule has 96 valence electrons. The van der Waals surface area contributed by atoms with Gasteiger partial charge in [-0.25, -0.2) is 12.8 Å². The molecule has 0 aromatic heterocycles. The maximum Gasteiger partial charge on any atom is 0.147 e. The monoisotopic (exact) mass is 323 g/mol. The second-order valence-corrected chi connectivity index (χ2v) is 7.07. The van der Waals surface area contributed by atoms with E-state index >= 15 is 0 Å². The Morgan fingerprint density at radius 1 is 1.41 bits per heavy atom. The van der Waals surface area contributed by atoms with Crippen LogP contribution in [-0.4, -0.2) is 27.0 Å². The normalized spacial score (nSPS) is 11.7. The topological polar surface area (TPSA) is 46.2 Å². The number of halogens is 2. The zero-order valence-corrected chi connectivity index (χ0v) is 11.9. The molecule has 6 heteroatoms. The van der Waals surface area contributed by atoms with Crippen LogP contribution in [-0.2, 0) is 16.4 Å². The molecule has 0 atom stereocenters. The van der Waals surface area contributed by atoms with E-state index < -0.39 is 9.84 Å². The Kier molecular flexibility index (Phi) is 5.55. The molecule has 3 nitrogen and oxygen atoms in total. The lowest BCUT2D eigenvalue weighted by molar-refractivity contribution is 0.579. The van der Waals surface area contributed by atoms with Crippen LogP contribution in [0.5, 0.6) is 0 Å². The van der Waals surface area contributed by atoms with Crippen LogP contribution in [0.3, 0.4) is 0 Å². The van der Waals surface area contributed by atoms with Crippen LogP contribution in [0.25, 0.3) is 0 Å². The summed E-state index contributed by atoms with van der Waals surface area (Å²) in [6.07, 6.45) is 1.75. The number of rotatable bonds is 6. The number of hydrogen-bond donors (Lipinski definition) is 1. The summed E-state index contributed by atoms with van der Waals surface area (Å²) in [5.41, 5.74) is 0.568. The largest absolute Gasteiger partial charge is 0.313 e. The van der Waals surface area contributed by atoms with E-state index in [1.807, 2.05) is 0 Å². The van der Waals surface area contributed by atoms with Crippen molar-refractivity contribution in [2.45, 2.75) is 13.0 Å². The summed E-state index contributed by atoms with van der Waals surface area (Å²) in [7, 11) is -2.91. The Balaban J connectivity index is 2.34. The zero-order valence-electron chi connectivity index (χ0n) is 9.54. The highest BCUT2D eigenvalue weighted by Crippen LogP contribution is 2.15. The third-order valence-corrected chi connectivity index (χ3v) is 3.72. The van der Waals surface area contributed by atoms with Gasteiger partial charge in [0.25, 0.3) is 0 Å². The quantitative estimate of drug-likeness (QED) is 0.816. The molecule has 0 aliphatic heterocycles. The van der Waals surface area contributed by atoms with Gasteiger partial charge in [-0.05, 0) is 31.2 Å². The van der Waals surface area contributed by atoms with E-state index in [2.05, 4.69) is 21.2 Å². The molecular formula is C11H15BrFNO2S. The van der Waals surface area contributed by atoms with Crippen molar-refractivity contribution in [2.24, 2.45) is 0 Å². The van der Waals surface area contributed by atoms with E-state index in [9.17, 15) is 12.8 Å². The van der Waals surface area contributed by atoms with Crippen LogP contribution in [0.2, 0.25) is 0 Å². The second-order valence-electron chi connectivity index (χ2n) is 3.90. The Bertz CT molecular complexity index is 476. The molecule has 0 aliphatic rings. The van der Waals surface area contributed by atoms with Gasteiger partial charge in [-0.3, -0.25) is 0 Å². The molecule has 1 N–H and O–H groups in total. The summed E-state index contributed by atoms with van der Waals surface area (Å²) in [5, 5.41) is 3.02. The van der Waals surface area contributed by atoms with Gasteiger partial charge in [0, 0.05) is 22.8 Å². The molecule has 0 fully saturated rings. The lowest BCUT2D eigenvalue weighted by Gasteiger charge is -2.06. The molecule has 17 heavy (non-hydrogen) atoms. The molecule has 0 saturated heterocycles. The van der Waals surface area contributed by atoms with Crippen molar-refractivity contribution in [1.29, 1.82) is 0 Å². The lowest BCUT2D eigenvalue weighted by atomic mass is 10.2. The predicted molar refractivity (Wildman–Crippen MR) is 70.1 cm³/mol. The highest BCUT2D eigenvalue weighted by molar-refractivity contribution is 9.10. The maximum absolute atomic E-state index is 13.3. The molecule has 1 rings (SSSR count). The van der Waals surface area contributed by atoms with Crippen molar-refractivity contribution < 1.29 is 12.8 Å². The predicted octanol–water partition coefficient (Wildman–Crippen LogP) is 2.11. The molecule has 0 saturated carbocycles. The summed E-state index contributed by atoms with van der Waals surface area (Å²) in [5.74, 6) is -0.107. The first kappa shape index (κ1) is 14.6. The van der Waals surface area contributed by atoms with Gasteiger partial charge < -0.3 is 5.32 Å². The summed E-state index contributed by atoms with van der Waals surface area (Å²) >= 11 is 3.27. The Morgan fingerprint density at radius 3 is 2.76 bits per heavy atom. The highest BCUT2D eigenvalue weighted by Gasteiger charge is 2.03. The first-order chi connectivity index (χ1) is 7.88. The van der Waals surface area contributed by atoms with Gasteiger partial charge in [-0.15, -0.1) is 0 Å². The number of nitrogens with one attached hydrogen (secondary N) is 1. The third-order valence-electron chi connectivity index (χ3n) is 2.19. The van der Waals surface area contributed by atoms with E-state index in [0.29, 0.717) is 25.1 Å². The van der Waals surface area contributed by atoms with Crippen molar-refractivity contribution in [3.05, 3.63) is 34.1 Å². The Labute approximate surface area is 109 Å². The first-order valence-electron chi connectivity index (χ1n) is 5.21. The van der Waals surface area contributed by atoms with E-state index in [4.69, 9.17) is 0 Å². The summed E-state index contributed by atoms with van der Waals surface area (Å²) in [6, 6.07) is 4.75. The van der Waals surface area contributed by atoms with Crippen LogP contribution in [0.1, 0.15) is 12.0 Å². The van der Waals surface area contributed by atoms with Gasteiger partial charge in [0.05, 0.1) is 5.75 Å². The Morgan fingerprint density at radius 2 is 2.12 bits per heavy atom. The molecule has 1 aromatic carbocycles. The van der Waals surface area contributed by atoms with Gasteiger partial charge >= 0.3 is 0 Å². The number of hydrogen-bond acceptors (Lipinski definition) is 3. The second kappa shape index (κ2) is 6.47. The van der Waals surface area contributed by atoms with E-state index in [-0.39, 0.29) is 11.6 Å². The van der Waals surface area contributed by atoms with E-state index in [1.165, 1.54) is 12.3 Å². The third kappa shape index (κ3) is 6.14. The SMILES string of the molecule is CS(=O)(=O)CCCNCc1cc(Br)ccc1F. The first-order valence-corrected chi connectivity index (χ1v) is 8.06. The average Bonchev–Trinajstić information content (AvgIpc) is 2.21. The summed E-state index contributed by atoms with van der Waals surface area (Å²) < 4.78 is 35.9.